The molecule has 3 N–H and O–H groups in total. The monoisotopic (exact) mass is 351 g/mol. The standard InChI is InChI=1S/C18H17N5OS/c1-10-4-5-15(11(2)6-10)22-17(24)12(3)25-18-14(9-20)7-13(8-19)16(21)23-18/h4-7,12H,1-3H3,(H2,21,23)(H,22,24)/t12-/m1/s1. The van der Waals surface area contributed by atoms with E-state index in [-0.39, 0.29) is 22.9 Å². The number of carbonyl (C=O) groups excluding carboxylic acids is 1. The number of thioether (sulfide) groups is 1. The number of benzene rings is 1. The Morgan fingerprint density at radius 2 is 1.92 bits per heavy atom. The lowest BCUT2D eigenvalue weighted by Gasteiger charge is -2.14. The Morgan fingerprint density at radius 1 is 1.24 bits per heavy atom. The first-order valence-electron chi connectivity index (χ1n) is 7.51. The summed E-state index contributed by atoms with van der Waals surface area (Å²) in [6.45, 7) is 5.64. The summed E-state index contributed by atoms with van der Waals surface area (Å²) in [5.41, 5.74) is 8.92. The van der Waals surface area contributed by atoms with Gasteiger partial charge in [0, 0.05) is 5.69 Å². The highest BCUT2D eigenvalue weighted by Gasteiger charge is 2.19. The number of hydrogen-bond acceptors (Lipinski definition) is 6. The van der Waals surface area contributed by atoms with Crippen molar-refractivity contribution in [1.82, 2.24) is 4.98 Å². The summed E-state index contributed by atoms with van der Waals surface area (Å²) in [7, 11) is 0. The lowest BCUT2D eigenvalue weighted by molar-refractivity contribution is -0.115. The minimum atomic E-state index is -0.493. The minimum Gasteiger partial charge on any atom is -0.383 e. The van der Waals surface area contributed by atoms with Gasteiger partial charge in [-0.15, -0.1) is 0 Å². The second-order valence-electron chi connectivity index (χ2n) is 5.57. The zero-order valence-electron chi connectivity index (χ0n) is 14.1. The molecular weight excluding hydrogens is 334 g/mol. The Hall–Kier alpha value is -3.03. The van der Waals surface area contributed by atoms with Gasteiger partial charge in [-0.05, 0) is 38.5 Å². The average molecular weight is 351 g/mol. The quantitative estimate of drug-likeness (QED) is 0.818. The number of nitriles is 2. The highest BCUT2D eigenvalue weighted by atomic mass is 32.2. The second-order valence-corrected chi connectivity index (χ2v) is 6.89. The van der Waals surface area contributed by atoms with Gasteiger partial charge in [0.05, 0.1) is 16.4 Å². The van der Waals surface area contributed by atoms with Crippen LogP contribution in [-0.2, 0) is 4.79 Å². The van der Waals surface area contributed by atoms with Crippen LogP contribution in [0.25, 0.3) is 0 Å². The number of aryl methyl sites for hydroxylation is 2. The molecule has 0 bridgehead atoms. The van der Waals surface area contributed by atoms with Crippen molar-refractivity contribution in [2.75, 3.05) is 11.1 Å². The van der Waals surface area contributed by atoms with Crippen molar-refractivity contribution in [3.63, 3.8) is 0 Å². The van der Waals surface area contributed by atoms with Crippen LogP contribution in [-0.4, -0.2) is 16.1 Å². The fraction of sp³-hybridized carbons (Fsp3) is 0.222. The summed E-state index contributed by atoms with van der Waals surface area (Å²) in [6.07, 6.45) is 0. The number of nitrogens with two attached hydrogens (primary N) is 1. The Bertz CT molecular complexity index is 911. The van der Waals surface area contributed by atoms with Crippen molar-refractivity contribution in [3.05, 3.63) is 46.5 Å². The molecule has 2 aromatic rings. The van der Waals surface area contributed by atoms with Gasteiger partial charge in [0.2, 0.25) is 5.91 Å². The van der Waals surface area contributed by atoms with Crippen LogP contribution in [0.4, 0.5) is 11.5 Å². The molecule has 0 aliphatic rings. The summed E-state index contributed by atoms with van der Waals surface area (Å²) >= 11 is 1.13. The lowest BCUT2D eigenvalue weighted by Crippen LogP contribution is -2.23. The van der Waals surface area contributed by atoms with E-state index >= 15 is 0 Å². The topological polar surface area (TPSA) is 116 Å². The fourth-order valence-electron chi connectivity index (χ4n) is 2.18. The van der Waals surface area contributed by atoms with Crippen LogP contribution >= 0.6 is 11.8 Å². The van der Waals surface area contributed by atoms with Gasteiger partial charge in [0.15, 0.2) is 0 Å². The smallest absolute Gasteiger partial charge is 0.237 e. The third kappa shape index (κ3) is 4.28. The van der Waals surface area contributed by atoms with Crippen molar-refractivity contribution in [2.24, 2.45) is 0 Å². The summed E-state index contributed by atoms with van der Waals surface area (Å²) in [4.78, 5) is 16.5. The van der Waals surface area contributed by atoms with E-state index in [1.165, 1.54) is 6.07 Å². The van der Waals surface area contributed by atoms with Crippen molar-refractivity contribution >= 4 is 29.2 Å². The van der Waals surface area contributed by atoms with Gasteiger partial charge < -0.3 is 11.1 Å². The number of pyridine rings is 1. The van der Waals surface area contributed by atoms with Gasteiger partial charge >= 0.3 is 0 Å². The summed E-state index contributed by atoms with van der Waals surface area (Å²) in [5, 5.41) is 20.9. The average Bonchev–Trinajstić information content (AvgIpc) is 2.57. The highest BCUT2D eigenvalue weighted by molar-refractivity contribution is 8.00. The molecular formula is C18H17N5OS. The normalized spacial score (nSPS) is 11.2. The number of nitrogens with zero attached hydrogens (tertiary/aromatic N) is 3. The van der Waals surface area contributed by atoms with Gasteiger partial charge in [-0.2, -0.15) is 10.5 Å². The van der Waals surface area contributed by atoms with E-state index in [9.17, 15) is 10.1 Å². The van der Waals surface area contributed by atoms with Gasteiger partial charge in [0.1, 0.15) is 23.0 Å². The molecule has 0 aliphatic carbocycles. The molecule has 0 unspecified atom stereocenters. The number of carbonyl (C=O) groups is 1. The van der Waals surface area contributed by atoms with Crippen LogP contribution in [0.2, 0.25) is 0 Å². The number of rotatable bonds is 4. The molecule has 0 saturated heterocycles. The van der Waals surface area contributed by atoms with Gasteiger partial charge in [-0.3, -0.25) is 4.79 Å². The maximum absolute atomic E-state index is 12.4. The summed E-state index contributed by atoms with van der Waals surface area (Å²) < 4.78 is 0. The van der Waals surface area contributed by atoms with E-state index in [2.05, 4.69) is 10.3 Å². The van der Waals surface area contributed by atoms with E-state index in [1.54, 1.807) is 6.92 Å². The lowest BCUT2D eigenvalue weighted by atomic mass is 10.1. The maximum Gasteiger partial charge on any atom is 0.237 e. The van der Waals surface area contributed by atoms with Crippen molar-refractivity contribution in [2.45, 2.75) is 31.0 Å². The predicted octanol–water partition coefficient (Wildman–Crippen LogP) is 3.14. The number of amides is 1. The number of nitrogen functional groups attached to an aromatic ring is 1. The van der Waals surface area contributed by atoms with E-state index < -0.39 is 5.25 Å². The fourth-order valence-corrected chi connectivity index (χ4v) is 3.06. The van der Waals surface area contributed by atoms with Crippen LogP contribution in [0, 0.1) is 36.5 Å². The van der Waals surface area contributed by atoms with Gasteiger partial charge in [-0.1, -0.05) is 29.5 Å². The molecule has 25 heavy (non-hydrogen) atoms. The molecule has 1 atom stereocenters. The van der Waals surface area contributed by atoms with Crippen LogP contribution in [0.15, 0.2) is 29.3 Å². The first-order chi connectivity index (χ1) is 11.8. The summed E-state index contributed by atoms with van der Waals surface area (Å²) in [5.74, 6) is -0.156. The predicted molar refractivity (Wildman–Crippen MR) is 97.9 cm³/mol. The molecule has 2 rings (SSSR count). The van der Waals surface area contributed by atoms with Crippen LogP contribution in [0.1, 0.15) is 29.2 Å². The molecule has 0 fully saturated rings. The third-order valence-electron chi connectivity index (χ3n) is 3.56. The number of aromatic nitrogens is 1. The Balaban J connectivity index is 2.18. The molecule has 126 valence electrons. The first kappa shape index (κ1) is 18.3. The van der Waals surface area contributed by atoms with Crippen LogP contribution < -0.4 is 11.1 Å². The Labute approximate surface area is 150 Å². The number of hydrogen-bond donors (Lipinski definition) is 2. The molecule has 1 amide bonds. The van der Waals surface area contributed by atoms with Crippen molar-refractivity contribution < 1.29 is 4.79 Å². The van der Waals surface area contributed by atoms with Crippen molar-refractivity contribution in [3.8, 4) is 12.1 Å². The molecule has 0 spiro atoms. The van der Waals surface area contributed by atoms with E-state index in [0.717, 1.165) is 28.6 Å². The molecule has 1 aromatic heterocycles. The SMILES string of the molecule is Cc1ccc(NC(=O)[C@@H](C)Sc2nc(N)c(C#N)cc2C#N)c(C)c1. The first-order valence-corrected chi connectivity index (χ1v) is 8.39. The molecule has 0 radical (unpaired) electrons. The Kier molecular flexibility index (Phi) is 5.63. The molecule has 0 aliphatic heterocycles. The second kappa shape index (κ2) is 7.69. The third-order valence-corrected chi connectivity index (χ3v) is 4.66. The summed E-state index contributed by atoms with van der Waals surface area (Å²) in [6, 6.07) is 11.0. The zero-order valence-corrected chi connectivity index (χ0v) is 14.9. The molecule has 1 heterocycles. The van der Waals surface area contributed by atoms with E-state index in [0.29, 0.717) is 5.03 Å². The molecule has 1 aromatic carbocycles. The van der Waals surface area contributed by atoms with Gasteiger partial charge in [0.25, 0.3) is 0 Å². The largest absolute Gasteiger partial charge is 0.383 e. The highest BCUT2D eigenvalue weighted by Crippen LogP contribution is 2.28. The van der Waals surface area contributed by atoms with E-state index in [1.807, 2.05) is 44.2 Å². The Morgan fingerprint density at radius 3 is 2.52 bits per heavy atom. The molecule has 0 saturated carbocycles. The van der Waals surface area contributed by atoms with Crippen LogP contribution in [0.3, 0.4) is 0 Å². The molecule has 7 heteroatoms. The zero-order chi connectivity index (χ0) is 18.6. The maximum atomic E-state index is 12.4. The number of nitrogens with one attached hydrogen (secondary N) is 1. The van der Waals surface area contributed by atoms with E-state index in [4.69, 9.17) is 11.0 Å². The molecule has 6 nitrogen and oxygen atoms in total. The number of anilines is 2. The minimum absolute atomic E-state index is 0.0472. The van der Waals surface area contributed by atoms with Gasteiger partial charge in [-0.25, -0.2) is 4.98 Å². The van der Waals surface area contributed by atoms with Crippen molar-refractivity contribution in [1.29, 1.82) is 10.5 Å². The van der Waals surface area contributed by atoms with Crippen LogP contribution in [0.5, 0.6) is 0 Å².